The molecule has 31 heavy (non-hydrogen) atoms. The van der Waals surface area contributed by atoms with Gasteiger partial charge < -0.3 is 14.5 Å². The van der Waals surface area contributed by atoms with Crippen LogP contribution in [0.5, 0.6) is 11.5 Å². The summed E-state index contributed by atoms with van der Waals surface area (Å²) in [6.07, 6.45) is 3.41. The molecule has 1 saturated carbocycles. The zero-order valence-corrected chi connectivity index (χ0v) is 15.8. The molecule has 0 bridgehead atoms. The number of nitrogens with zero attached hydrogens (tertiary/aromatic N) is 3. The summed E-state index contributed by atoms with van der Waals surface area (Å²) < 4.78 is 35.5. The molecule has 0 atom stereocenters. The number of fused-ring (bicyclic) bond motifs is 2. The Morgan fingerprint density at radius 1 is 1.10 bits per heavy atom. The van der Waals surface area contributed by atoms with Gasteiger partial charge in [-0.1, -0.05) is 6.07 Å². The largest absolute Gasteiger partial charge is 0.586 e. The number of H-pyrrole nitrogens is 2. The van der Waals surface area contributed by atoms with Crippen LogP contribution in [-0.2, 0) is 0 Å². The minimum absolute atomic E-state index is 0.124. The molecule has 1 aromatic carbocycles. The van der Waals surface area contributed by atoms with Gasteiger partial charge in [0.2, 0.25) is 0 Å². The van der Waals surface area contributed by atoms with Gasteiger partial charge in [-0.15, -0.1) is 8.78 Å². The number of aromatic amines is 2. The van der Waals surface area contributed by atoms with Crippen molar-refractivity contribution in [1.82, 2.24) is 24.6 Å². The fourth-order valence-corrected chi connectivity index (χ4v) is 3.20. The van der Waals surface area contributed by atoms with E-state index in [4.69, 9.17) is 0 Å². The lowest BCUT2D eigenvalue weighted by Gasteiger charge is -2.04. The lowest BCUT2D eigenvalue weighted by Crippen LogP contribution is -2.25. The molecule has 1 aliphatic heterocycles. The Labute approximate surface area is 172 Å². The molecule has 2 N–H and O–H groups in total. The molecular weight excluding hydrogens is 412 g/mol. The van der Waals surface area contributed by atoms with Crippen LogP contribution in [0.25, 0.3) is 16.9 Å². The molecular formula is C20H15F2N5O4. The van der Waals surface area contributed by atoms with Crippen molar-refractivity contribution in [3.63, 3.8) is 0 Å². The number of nitrogens with one attached hydrogen (secondary N) is 2. The van der Waals surface area contributed by atoms with Crippen molar-refractivity contribution in [2.24, 2.45) is 0 Å². The van der Waals surface area contributed by atoms with E-state index < -0.39 is 17.5 Å². The first kappa shape index (κ1) is 19.0. The van der Waals surface area contributed by atoms with Crippen LogP contribution in [0.3, 0.4) is 0 Å². The van der Waals surface area contributed by atoms with Crippen molar-refractivity contribution in [2.45, 2.75) is 25.1 Å². The van der Waals surface area contributed by atoms with Crippen LogP contribution >= 0.6 is 0 Å². The maximum atomic E-state index is 12.6. The van der Waals surface area contributed by atoms with Gasteiger partial charge in [0.1, 0.15) is 0 Å². The quantitative estimate of drug-likeness (QED) is 0.508. The highest BCUT2D eigenvalue weighted by Gasteiger charge is 2.43. The third-order valence-corrected chi connectivity index (χ3v) is 4.82. The van der Waals surface area contributed by atoms with E-state index in [1.54, 1.807) is 41.2 Å². The van der Waals surface area contributed by atoms with Gasteiger partial charge in [-0.2, -0.15) is 5.10 Å². The first-order valence-corrected chi connectivity index (χ1v) is 9.40. The third-order valence-electron chi connectivity index (χ3n) is 4.82. The lowest BCUT2D eigenvalue weighted by molar-refractivity contribution is -0.286. The molecule has 4 aromatic rings. The second-order valence-corrected chi connectivity index (χ2v) is 7.08. The van der Waals surface area contributed by atoms with E-state index in [0.29, 0.717) is 22.8 Å². The highest BCUT2D eigenvalue weighted by molar-refractivity contribution is 5.57. The summed E-state index contributed by atoms with van der Waals surface area (Å²) in [6.45, 7) is 0. The second kappa shape index (κ2) is 7.04. The molecule has 1 aliphatic carbocycles. The molecule has 0 radical (unpaired) electrons. The molecule has 2 aliphatic rings. The second-order valence-electron chi connectivity index (χ2n) is 7.08. The van der Waals surface area contributed by atoms with Gasteiger partial charge in [0.15, 0.2) is 17.1 Å². The zero-order chi connectivity index (χ0) is 21.6. The van der Waals surface area contributed by atoms with Gasteiger partial charge in [0.05, 0.1) is 11.3 Å². The average Bonchev–Trinajstić information content (AvgIpc) is 3.38. The number of aromatic nitrogens is 5. The summed E-state index contributed by atoms with van der Waals surface area (Å²) in [6, 6.07) is 8.43. The molecule has 0 amide bonds. The van der Waals surface area contributed by atoms with Crippen LogP contribution in [0.2, 0.25) is 0 Å². The summed E-state index contributed by atoms with van der Waals surface area (Å²) in [7, 11) is 0. The Bertz CT molecular complexity index is 1390. The first-order valence-electron chi connectivity index (χ1n) is 9.40. The van der Waals surface area contributed by atoms with Crippen molar-refractivity contribution >= 4 is 5.65 Å². The summed E-state index contributed by atoms with van der Waals surface area (Å²) in [5, 5.41) is 4.21. The summed E-state index contributed by atoms with van der Waals surface area (Å²) in [4.78, 5) is 31.1. The number of rotatable bonds is 2. The van der Waals surface area contributed by atoms with E-state index in [1.807, 2.05) is 6.07 Å². The molecule has 3 aromatic heterocycles. The third kappa shape index (κ3) is 3.89. The van der Waals surface area contributed by atoms with Crippen LogP contribution in [0.15, 0.2) is 58.5 Å². The molecule has 0 unspecified atom stereocenters. The van der Waals surface area contributed by atoms with Crippen LogP contribution in [0, 0.1) is 0 Å². The standard InChI is InChI=1S/C10H8F2O2.C10H7N5O2/c11-10(12)13-8-4-3-7(6-1-2-6)5-9(8)14-10;16-9-6(5-12-10(17)13-9)7-1-2-8-11-3-4-15(8)14-7/h3-6H,1-2H2;1-5H,(H2,12,13,16,17). The predicted molar refractivity (Wildman–Crippen MR) is 104 cm³/mol. The SMILES string of the molecule is FC1(F)Oc2ccc(C3CC3)cc2O1.O=c1[nH]cc(-c2ccc3nccn3n2)c(=O)[nH]1. The molecule has 0 spiro atoms. The predicted octanol–water partition coefficient (Wildman–Crippen LogP) is 2.66. The minimum Gasteiger partial charge on any atom is -0.395 e. The van der Waals surface area contributed by atoms with Gasteiger partial charge >= 0.3 is 12.0 Å². The summed E-state index contributed by atoms with van der Waals surface area (Å²) >= 11 is 0. The number of ether oxygens (including phenoxy) is 2. The Kier molecular flexibility index (Phi) is 4.31. The molecule has 4 heterocycles. The first-order chi connectivity index (χ1) is 14.9. The highest BCUT2D eigenvalue weighted by atomic mass is 19.3. The van der Waals surface area contributed by atoms with Crippen LogP contribution < -0.4 is 20.7 Å². The Hall–Kier alpha value is -4.02. The van der Waals surface area contributed by atoms with Crippen molar-refractivity contribution < 1.29 is 18.3 Å². The molecule has 11 heteroatoms. The van der Waals surface area contributed by atoms with Gasteiger partial charge in [-0.3, -0.25) is 9.78 Å². The van der Waals surface area contributed by atoms with Gasteiger partial charge in [0.25, 0.3) is 5.56 Å². The average molecular weight is 427 g/mol. The van der Waals surface area contributed by atoms with E-state index in [2.05, 4.69) is 29.5 Å². The van der Waals surface area contributed by atoms with Crippen LogP contribution in [-0.4, -0.2) is 30.9 Å². The number of benzene rings is 1. The van der Waals surface area contributed by atoms with Gasteiger partial charge in [-0.05, 0) is 48.6 Å². The van der Waals surface area contributed by atoms with Crippen molar-refractivity contribution in [3.05, 3.63) is 75.3 Å². The monoisotopic (exact) mass is 427 g/mol. The maximum Gasteiger partial charge on any atom is 0.586 e. The number of hydrogen-bond donors (Lipinski definition) is 2. The minimum atomic E-state index is -3.50. The smallest absolute Gasteiger partial charge is 0.395 e. The molecule has 0 saturated heterocycles. The molecule has 9 nitrogen and oxygen atoms in total. The fourth-order valence-electron chi connectivity index (χ4n) is 3.20. The van der Waals surface area contributed by atoms with Crippen molar-refractivity contribution in [1.29, 1.82) is 0 Å². The molecule has 158 valence electrons. The fraction of sp³-hybridized carbons (Fsp3) is 0.200. The van der Waals surface area contributed by atoms with Crippen molar-refractivity contribution in [2.75, 3.05) is 0 Å². The van der Waals surface area contributed by atoms with Gasteiger partial charge in [-0.25, -0.2) is 14.3 Å². The number of imidazole rings is 1. The normalized spacial score (nSPS) is 16.1. The van der Waals surface area contributed by atoms with E-state index in [9.17, 15) is 18.4 Å². The van der Waals surface area contributed by atoms with Gasteiger partial charge in [0, 0.05) is 18.6 Å². The molecule has 6 rings (SSSR count). The van der Waals surface area contributed by atoms with Crippen LogP contribution in [0.4, 0.5) is 8.78 Å². The number of alkyl halides is 2. The number of halogens is 2. The number of hydrogen-bond acceptors (Lipinski definition) is 6. The Balaban J connectivity index is 0.000000134. The van der Waals surface area contributed by atoms with E-state index in [-0.39, 0.29) is 11.5 Å². The Morgan fingerprint density at radius 3 is 2.68 bits per heavy atom. The van der Waals surface area contributed by atoms with E-state index in [1.165, 1.54) is 6.20 Å². The van der Waals surface area contributed by atoms with E-state index in [0.717, 1.165) is 18.4 Å². The maximum absolute atomic E-state index is 12.6. The van der Waals surface area contributed by atoms with Crippen LogP contribution in [0.1, 0.15) is 24.3 Å². The van der Waals surface area contributed by atoms with E-state index >= 15 is 0 Å². The zero-order valence-electron chi connectivity index (χ0n) is 15.8. The van der Waals surface area contributed by atoms with Crippen molar-refractivity contribution in [3.8, 4) is 22.8 Å². The topological polar surface area (TPSA) is 114 Å². The summed E-state index contributed by atoms with van der Waals surface area (Å²) in [5.41, 5.74) is 1.51. The Morgan fingerprint density at radius 2 is 1.90 bits per heavy atom. The summed E-state index contributed by atoms with van der Waals surface area (Å²) in [5.74, 6) is 0.803. The highest BCUT2D eigenvalue weighted by Crippen LogP contribution is 2.46. The lowest BCUT2D eigenvalue weighted by atomic mass is 10.1. The molecule has 1 fully saturated rings.